The van der Waals surface area contributed by atoms with E-state index in [1.54, 1.807) is 20.3 Å². The number of nitrogens with one attached hydrogen (secondary N) is 1. The highest BCUT2D eigenvalue weighted by molar-refractivity contribution is 5.70. The summed E-state index contributed by atoms with van der Waals surface area (Å²) in [4.78, 5) is 12.1. The second-order valence-corrected chi connectivity index (χ2v) is 4.93. The molecule has 1 heterocycles. The van der Waals surface area contributed by atoms with E-state index in [2.05, 4.69) is 10.2 Å². The first-order valence-corrected chi connectivity index (χ1v) is 7.10. The number of aromatic amines is 1. The second kappa shape index (κ2) is 6.36. The minimum Gasteiger partial charge on any atom is -0.493 e. The first kappa shape index (κ1) is 14.8. The van der Waals surface area contributed by atoms with Gasteiger partial charge in [0.05, 0.1) is 25.5 Å². The van der Waals surface area contributed by atoms with Crippen LogP contribution in [0.25, 0.3) is 22.4 Å². The molecule has 0 radical (unpaired) electrons. The van der Waals surface area contributed by atoms with Crippen LogP contribution in [0.15, 0.2) is 59.4 Å². The average molecular weight is 308 g/mol. The third-order valence-electron chi connectivity index (χ3n) is 3.57. The van der Waals surface area contributed by atoms with E-state index in [1.165, 1.54) is 0 Å². The molecule has 0 aliphatic carbocycles. The molecule has 3 rings (SSSR count). The molecule has 1 aromatic heterocycles. The quantitative estimate of drug-likeness (QED) is 0.804. The molecule has 0 unspecified atom stereocenters. The molecule has 0 saturated heterocycles. The Bertz CT molecular complexity index is 873. The van der Waals surface area contributed by atoms with Crippen molar-refractivity contribution >= 4 is 0 Å². The van der Waals surface area contributed by atoms with E-state index >= 15 is 0 Å². The molecule has 3 aromatic rings. The van der Waals surface area contributed by atoms with Gasteiger partial charge in [-0.25, -0.2) is 5.10 Å². The zero-order valence-corrected chi connectivity index (χ0v) is 12.9. The van der Waals surface area contributed by atoms with Gasteiger partial charge in [0.25, 0.3) is 5.56 Å². The molecule has 5 heteroatoms. The fraction of sp³-hybridized carbons (Fsp3) is 0.111. The van der Waals surface area contributed by atoms with Gasteiger partial charge in [0.15, 0.2) is 11.5 Å². The fourth-order valence-corrected chi connectivity index (χ4v) is 2.38. The highest BCUT2D eigenvalue weighted by Crippen LogP contribution is 2.32. The van der Waals surface area contributed by atoms with Crippen LogP contribution in [0.4, 0.5) is 0 Å². The molecule has 1 N–H and O–H groups in total. The van der Waals surface area contributed by atoms with Crippen LogP contribution in [0, 0.1) is 0 Å². The van der Waals surface area contributed by atoms with Crippen molar-refractivity contribution in [3.05, 3.63) is 65.0 Å². The lowest BCUT2D eigenvalue weighted by molar-refractivity contribution is 0.355. The van der Waals surface area contributed by atoms with Crippen molar-refractivity contribution in [1.82, 2.24) is 10.2 Å². The van der Waals surface area contributed by atoms with E-state index in [0.717, 1.165) is 11.1 Å². The van der Waals surface area contributed by atoms with Gasteiger partial charge in [-0.05, 0) is 29.8 Å². The summed E-state index contributed by atoms with van der Waals surface area (Å²) >= 11 is 0. The molecule has 0 spiro atoms. The number of rotatable bonds is 4. The molecule has 0 bridgehead atoms. The third-order valence-corrected chi connectivity index (χ3v) is 3.57. The summed E-state index contributed by atoms with van der Waals surface area (Å²) in [6.07, 6.45) is 0. The molecular weight excluding hydrogens is 292 g/mol. The van der Waals surface area contributed by atoms with E-state index < -0.39 is 0 Å². The van der Waals surface area contributed by atoms with Gasteiger partial charge in [-0.3, -0.25) is 4.79 Å². The smallest absolute Gasteiger partial charge is 0.272 e. The van der Waals surface area contributed by atoms with Crippen molar-refractivity contribution in [1.29, 1.82) is 0 Å². The monoisotopic (exact) mass is 308 g/mol. The van der Waals surface area contributed by atoms with E-state index in [1.807, 2.05) is 48.5 Å². The number of hydrogen-bond acceptors (Lipinski definition) is 4. The predicted molar refractivity (Wildman–Crippen MR) is 88.8 cm³/mol. The molecule has 23 heavy (non-hydrogen) atoms. The van der Waals surface area contributed by atoms with Crippen LogP contribution in [0.5, 0.6) is 11.5 Å². The summed E-state index contributed by atoms with van der Waals surface area (Å²) in [5.74, 6) is 1.25. The summed E-state index contributed by atoms with van der Waals surface area (Å²) < 4.78 is 10.5. The molecule has 5 nitrogen and oxygen atoms in total. The summed E-state index contributed by atoms with van der Waals surface area (Å²) in [5.41, 5.74) is 2.68. The number of methoxy groups -OCH3 is 2. The Labute approximate surface area is 133 Å². The Morgan fingerprint density at radius 3 is 2.30 bits per heavy atom. The topological polar surface area (TPSA) is 64.2 Å². The van der Waals surface area contributed by atoms with Crippen LogP contribution >= 0.6 is 0 Å². The van der Waals surface area contributed by atoms with Gasteiger partial charge in [0.2, 0.25) is 0 Å². The first-order valence-electron chi connectivity index (χ1n) is 7.10. The van der Waals surface area contributed by atoms with Gasteiger partial charge in [-0.2, -0.15) is 5.10 Å². The van der Waals surface area contributed by atoms with Crippen molar-refractivity contribution < 1.29 is 9.47 Å². The maximum atomic E-state index is 12.1. The lowest BCUT2D eigenvalue weighted by Gasteiger charge is -2.09. The number of nitrogens with zero attached hydrogens (tertiary/aromatic N) is 1. The Kier molecular flexibility index (Phi) is 4.10. The average Bonchev–Trinajstić information content (AvgIpc) is 2.62. The zero-order valence-electron chi connectivity index (χ0n) is 12.9. The predicted octanol–water partition coefficient (Wildman–Crippen LogP) is 3.12. The maximum Gasteiger partial charge on any atom is 0.272 e. The highest BCUT2D eigenvalue weighted by Gasteiger charge is 2.10. The highest BCUT2D eigenvalue weighted by atomic mass is 16.5. The van der Waals surface area contributed by atoms with Crippen LogP contribution in [-0.4, -0.2) is 24.4 Å². The van der Waals surface area contributed by atoms with Gasteiger partial charge in [-0.1, -0.05) is 30.3 Å². The zero-order chi connectivity index (χ0) is 16.2. The van der Waals surface area contributed by atoms with Crippen LogP contribution in [0.3, 0.4) is 0 Å². The molecule has 116 valence electrons. The minimum absolute atomic E-state index is 0.222. The van der Waals surface area contributed by atoms with Gasteiger partial charge in [-0.15, -0.1) is 0 Å². The number of aromatic nitrogens is 2. The molecule has 0 fully saturated rings. The largest absolute Gasteiger partial charge is 0.493 e. The number of H-pyrrole nitrogens is 1. The van der Waals surface area contributed by atoms with E-state index in [9.17, 15) is 4.79 Å². The molecule has 0 aliphatic heterocycles. The normalized spacial score (nSPS) is 10.3. The van der Waals surface area contributed by atoms with Crippen LogP contribution in [-0.2, 0) is 0 Å². The van der Waals surface area contributed by atoms with Gasteiger partial charge in [0.1, 0.15) is 0 Å². The number of ether oxygens (including phenoxy) is 2. The summed E-state index contributed by atoms with van der Waals surface area (Å²) in [7, 11) is 3.17. The number of hydrogen-bond donors (Lipinski definition) is 1. The van der Waals surface area contributed by atoms with Crippen molar-refractivity contribution in [2.75, 3.05) is 14.2 Å². The minimum atomic E-state index is -0.222. The molecule has 0 aliphatic rings. The van der Waals surface area contributed by atoms with Crippen molar-refractivity contribution in [3.63, 3.8) is 0 Å². The molecular formula is C18H16N2O3. The Balaban J connectivity index is 2.10. The van der Waals surface area contributed by atoms with E-state index in [4.69, 9.17) is 9.47 Å². The van der Waals surface area contributed by atoms with Crippen LogP contribution in [0.1, 0.15) is 0 Å². The molecule has 0 amide bonds. The molecule has 0 saturated carbocycles. The summed E-state index contributed by atoms with van der Waals surface area (Å²) in [6, 6.07) is 16.8. The van der Waals surface area contributed by atoms with E-state index in [0.29, 0.717) is 22.8 Å². The Morgan fingerprint density at radius 1 is 0.870 bits per heavy atom. The summed E-state index contributed by atoms with van der Waals surface area (Å²) in [5, 5.41) is 6.69. The van der Waals surface area contributed by atoms with Gasteiger partial charge in [0, 0.05) is 5.56 Å². The Morgan fingerprint density at radius 2 is 1.61 bits per heavy atom. The second-order valence-electron chi connectivity index (χ2n) is 4.93. The SMILES string of the molecule is COc1ccc(-c2cc(-c3ccccc3)c(=O)[nH]n2)cc1OC. The Hall–Kier alpha value is -3.08. The standard InChI is InChI=1S/C18H16N2O3/c1-22-16-9-8-13(10-17(16)23-2)15-11-14(18(21)20-19-15)12-6-4-3-5-7-12/h3-11H,1-2H3,(H,20,21). The van der Waals surface area contributed by atoms with Crippen LogP contribution < -0.4 is 15.0 Å². The van der Waals surface area contributed by atoms with Gasteiger partial charge < -0.3 is 9.47 Å². The lowest BCUT2D eigenvalue weighted by atomic mass is 10.0. The molecule has 0 atom stereocenters. The van der Waals surface area contributed by atoms with Crippen LogP contribution in [0.2, 0.25) is 0 Å². The van der Waals surface area contributed by atoms with Crippen molar-refractivity contribution in [2.45, 2.75) is 0 Å². The maximum absolute atomic E-state index is 12.1. The number of benzene rings is 2. The van der Waals surface area contributed by atoms with E-state index in [-0.39, 0.29) is 5.56 Å². The first-order chi connectivity index (χ1) is 11.2. The van der Waals surface area contributed by atoms with Crippen molar-refractivity contribution in [3.8, 4) is 33.9 Å². The summed E-state index contributed by atoms with van der Waals surface area (Å²) in [6.45, 7) is 0. The fourth-order valence-electron chi connectivity index (χ4n) is 2.38. The molecule has 2 aromatic carbocycles. The third kappa shape index (κ3) is 2.94. The van der Waals surface area contributed by atoms with Crippen molar-refractivity contribution in [2.24, 2.45) is 0 Å². The lowest BCUT2D eigenvalue weighted by Crippen LogP contribution is -2.11. The van der Waals surface area contributed by atoms with Gasteiger partial charge >= 0.3 is 0 Å².